The van der Waals surface area contributed by atoms with E-state index >= 15 is 0 Å². The molecular formula is C23H22FNO6. The molecule has 0 spiro atoms. The Morgan fingerprint density at radius 1 is 1.23 bits per heavy atom. The Labute approximate surface area is 178 Å². The molecule has 31 heavy (non-hydrogen) atoms. The van der Waals surface area contributed by atoms with Crippen molar-refractivity contribution in [3.8, 4) is 11.5 Å². The molecule has 1 amide bonds. The number of phenolic OH excluding ortho intramolecular Hbond substituents is 1. The summed E-state index contributed by atoms with van der Waals surface area (Å²) >= 11 is 0. The van der Waals surface area contributed by atoms with Crippen LogP contribution >= 0.6 is 0 Å². The molecule has 0 radical (unpaired) electrons. The van der Waals surface area contributed by atoms with E-state index in [1.54, 1.807) is 6.07 Å². The third kappa shape index (κ3) is 3.86. The summed E-state index contributed by atoms with van der Waals surface area (Å²) in [6, 6.07) is 8.58. The fourth-order valence-electron chi connectivity index (χ4n) is 4.05. The number of hydrogen-bond donors (Lipinski definition) is 2. The molecule has 2 atom stereocenters. The highest BCUT2D eigenvalue weighted by molar-refractivity contribution is 6.46. The molecular weight excluding hydrogens is 405 g/mol. The number of hydrogen-bond acceptors (Lipinski definition) is 6. The lowest BCUT2D eigenvalue weighted by Crippen LogP contribution is -2.36. The molecule has 2 aliphatic heterocycles. The number of amides is 1. The molecule has 2 fully saturated rings. The van der Waals surface area contributed by atoms with Gasteiger partial charge in [0.25, 0.3) is 11.7 Å². The minimum absolute atomic E-state index is 0.0964. The van der Waals surface area contributed by atoms with Gasteiger partial charge in [0.05, 0.1) is 24.8 Å². The number of aliphatic hydroxyl groups excluding tert-OH is 1. The molecule has 2 N–H and O–H groups in total. The first kappa shape index (κ1) is 20.9. The summed E-state index contributed by atoms with van der Waals surface area (Å²) in [7, 11) is 1.39. The van der Waals surface area contributed by atoms with Crippen LogP contribution < -0.4 is 4.74 Å². The van der Waals surface area contributed by atoms with Crippen LogP contribution in [-0.4, -0.2) is 53.2 Å². The Hall–Kier alpha value is -3.39. The fraction of sp³-hybridized carbons (Fsp3) is 0.304. The van der Waals surface area contributed by atoms with Gasteiger partial charge in [-0.05, 0) is 54.8 Å². The molecule has 162 valence electrons. The number of halogens is 1. The number of aromatic hydroxyl groups is 1. The second-order valence-electron chi connectivity index (χ2n) is 7.52. The van der Waals surface area contributed by atoms with Crippen molar-refractivity contribution < 1.29 is 33.7 Å². The molecule has 0 bridgehead atoms. The zero-order valence-electron chi connectivity index (χ0n) is 16.9. The Bertz CT molecular complexity index is 1040. The molecule has 2 aromatic rings. The third-order valence-electron chi connectivity index (χ3n) is 5.60. The number of likely N-dealkylation sites (tertiary alicyclic amines) is 1. The van der Waals surface area contributed by atoms with Crippen molar-refractivity contribution in [2.75, 3.05) is 20.3 Å². The Kier molecular flexibility index (Phi) is 5.65. The summed E-state index contributed by atoms with van der Waals surface area (Å²) in [5, 5.41) is 20.9. The van der Waals surface area contributed by atoms with Gasteiger partial charge < -0.3 is 24.6 Å². The standard InChI is InChI=1S/C23H22FNO6/c1-30-18-11-14(6-9-17(18)26)20-19(21(27)13-4-7-15(24)8-5-13)22(28)23(29)25(20)12-16-3-2-10-31-16/h4-9,11,16,20,26-27H,2-3,10,12H2,1H3/t16-,20-/m0/s1. The van der Waals surface area contributed by atoms with Crippen molar-refractivity contribution in [2.24, 2.45) is 0 Å². The summed E-state index contributed by atoms with van der Waals surface area (Å²) in [4.78, 5) is 27.3. The second-order valence-corrected chi connectivity index (χ2v) is 7.52. The lowest BCUT2D eigenvalue weighted by Gasteiger charge is -2.27. The molecule has 2 aromatic carbocycles. The number of carbonyl (C=O) groups excluding carboxylic acids is 2. The minimum Gasteiger partial charge on any atom is -0.507 e. The zero-order chi connectivity index (χ0) is 22.1. The lowest BCUT2D eigenvalue weighted by molar-refractivity contribution is -0.140. The molecule has 2 aliphatic rings. The molecule has 8 heteroatoms. The average molecular weight is 427 g/mol. The highest BCUT2D eigenvalue weighted by atomic mass is 19.1. The molecule has 4 rings (SSSR count). The van der Waals surface area contributed by atoms with Crippen LogP contribution in [0.15, 0.2) is 48.0 Å². The molecule has 7 nitrogen and oxygen atoms in total. The number of benzene rings is 2. The topological polar surface area (TPSA) is 96.3 Å². The molecule has 0 aromatic heterocycles. The van der Waals surface area contributed by atoms with Crippen LogP contribution in [0, 0.1) is 5.82 Å². The van der Waals surface area contributed by atoms with Crippen LogP contribution in [0.25, 0.3) is 5.76 Å². The number of carbonyl (C=O) groups is 2. The van der Waals surface area contributed by atoms with Crippen molar-refractivity contribution >= 4 is 17.4 Å². The Morgan fingerprint density at radius 2 is 1.97 bits per heavy atom. The van der Waals surface area contributed by atoms with Crippen molar-refractivity contribution in [1.29, 1.82) is 0 Å². The molecule has 2 saturated heterocycles. The molecule has 0 saturated carbocycles. The maximum absolute atomic E-state index is 13.3. The van der Waals surface area contributed by atoms with E-state index in [1.165, 1.54) is 36.3 Å². The number of aliphatic hydroxyl groups is 1. The maximum atomic E-state index is 13.3. The fourth-order valence-corrected chi connectivity index (χ4v) is 4.05. The second kappa shape index (κ2) is 8.39. The average Bonchev–Trinajstić information content (AvgIpc) is 3.37. The first-order chi connectivity index (χ1) is 14.9. The monoisotopic (exact) mass is 427 g/mol. The van der Waals surface area contributed by atoms with E-state index in [-0.39, 0.29) is 35.3 Å². The van der Waals surface area contributed by atoms with Crippen molar-refractivity contribution in [3.05, 3.63) is 65.0 Å². The van der Waals surface area contributed by atoms with Crippen LogP contribution in [0.4, 0.5) is 4.39 Å². The highest BCUT2D eigenvalue weighted by Crippen LogP contribution is 2.42. The van der Waals surface area contributed by atoms with E-state index < -0.39 is 29.3 Å². The van der Waals surface area contributed by atoms with Gasteiger partial charge in [0, 0.05) is 18.7 Å². The zero-order valence-corrected chi connectivity index (χ0v) is 16.9. The van der Waals surface area contributed by atoms with E-state index in [1.807, 2.05) is 0 Å². The summed E-state index contributed by atoms with van der Waals surface area (Å²) in [5.41, 5.74) is 0.588. The van der Waals surface area contributed by atoms with Crippen molar-refractivity contribution in [2.45, 2.75) is 25.0 Å². The number of ketones is 1. The van der Waals surface area contributed by atoms with Crippen LogP contribution in [0.5, 0.6) is 11.5 Å². The normalized spacial score (nSPS) is 22.8. The van der Waals surface area contributed by atoms with Gasteiger partial charge in [-0.2, -0.15) is 0 Å². The van der Waals surface area contributed by atoms with Crippen LogP contribution in [0.1, 0.15) is 30.0 Å². The largest absolute Gasteiger partial charge is 0.507 e. The number of rotatable bonds is 5. The number of nitrogens with zero attached hydrogens (tertiary/aromatic N) is 1. The summed E-state index contributed by atoms with van der Waals surface area (Å²) in [6.45, 7) is 0.764. The molecule has 0 unspecified atom stereocenters. The van der Waals surface area contributed by atoms with Gasteiger partial charge in [-0.3, -0.25) is 9.59 Å². The van der Waals surface area contributed by atoms with Crippen molar-refractivity contribution in [1.82, 2.24) is 4.90 Å². The predicted octanol–water partition coefficient (Wildman–Crippen LogP) is 3.14. The van der Waals surface area contributed by atoms with E-state index in [4.69, 9.17) is 9.47 Å². The van der Waals surface area contributed by atoms with E-state index in [0.717, 1.165) is 25.0 Å². The van der Waals surface area contributed by atoms with Crippen LogP contribution in [-0.2, 0) is 14.3 Å². The SMILES string of the molecule is COc1cc([C@H]2C(=C(O)c3ccc(F)cc3)C(=O)C(=O)N2C[C@@H]2CCCO2)ccc1O. The highest BCUT2D eigenvalue weighted by Gasteiger charge is 2.47. The van der Waals surface area contributed by atoms with E-state index in [2.05, 4.69) is 0 Å². The first-order valence-corrected chi connectivity index (χ1v) is 9.93. The smallest absolute Gasteiger partial charge is 0.295 e. The summed E-state index contributed by atoms with van der Waals surface area (Å²) < 4.78 is 24.2. The van der Waals surface area contributed by atoms with Gasteiger partial charge in [0.1, 0.15) is 11.6 Å². The van der Waals surface area contributed by atoms with Gasteiger partial charge in [0.2, 0.25) is 0 Å². The number of ether oxygens (including phenoxy) is 2. The van der Waals surface area contributed by atoms with Gasteiger partial charge in [0.15, 0.2) is 11.5 Å². The predicted molar refractivity (Wildman–Crippen MR) is 109 cm³/mol. The van der Waals surface area contributed by atoms with Gasteiger partial charge in [-0.25, -0.2) is 4.39 Å². The van der Waals surface area contributed by atoms with Crippen molar-refractivity contribution in [3.63, 3.8) is 0 Å². The Morgan fingerprint density at radius 3 is 2.61 bits per heavy atom. The van der Waals surface area contributed by atoms with Gasteiger partial charge in [-0.15, -0.1) is 0 Å². The van der Waals surface area contributed by atoms with Crippen LogP contribution in [0.2, 0.25) is 0 Å². The summed E-state index contributed by atoms with van der Waals surface area (Å²) in [6.07, 6.45) is 1.40. The van der Waals surface area contributed by atoms with Gasteiger partial charge in [-0.1, -0.05) is 6.07 Å². The lowest BCUT2D eigenvalue weighted by atomic mass is 9.95. The minimum atomic E-state index is -0.913. The molecule has 0 aliphatic carbocycles. The number of phenols is 1. The number of Topliss-reactive ketones (excluding diaryl/α,β-unsaturated/α-hetero) is 1. The first-order valence-electron chi connectivity index (χ1n) is 9.93. The van der Waals surface area contributed by atoms with Crippen LogP contribution in [0.3, 0.4) is 0 Å². The summed E-state index contributed by atoms with van der Waals surface area (Å²) in [5.74, 6) is -2.41. The Balaban J connectivity index is 1.85. The maximum Gasteiger partial charge on any atom is 0.295 e. The quantitative estimate of drug-likeness (QED) is 0.432. The molecule has 2 heterocycles. The third-order valence-corrected chi connectivity index (χ3v) is 5.60. The van der Waals surface area contributed by atoms with E-state index in [0.29, 0.717) is 12.2 Å². The van der Waals surface area contributed by atoms with Gasteiger partial charge >= 0.3 is 0 Å². The van der Waals surface area contributed by atoms with E-state index in [9.17, 15) is 24.2 Å². The number of methoxy groups -OCH3 is 1.